The van der Waals surface area contributed by atoms with Crippen LogP contribution in [-0.2, 0) is 38.3 Å². The fourth-order valence-corrected chi connectivity index (χ4v) is 8.15. The Bertz CT molecular complexity index is 2020. The van der Waals surface area contributed by atoms with Crippen LogP contribution < -0.4 is 21.5 Å². The highest BCUT2D eigenvalue weighted by molar-refractivity contribution is 6.48. The van der Waals surface area contributed by atoms with Crippen LogP contribution in [0.3, 0.4) is 0 Å². The summed E-state index contributed by atoms with van der Waals surface area (Å²) in [6, 6.07) is 26.3. The van der Waals surface area contributed by atoms with Crippen molar-refractivity contribution in [2.75, 3.05) is 11.9 Å². The predicted molar refractivity (Wildman–Crippen MR) is 216 cm³/mol. The largest absolute Gasteiger partial charge is 0.443 e. The number of hydrogen-bond acceptors (Lipinski definition) is 7. The first-order valence-electron chi connectivity index (χ1n) is 18.7. The number of rotatable bonds is 16. The molecule has 0 bridgehead atoms. The second-order valence-corrected chi connectivity index (χ2v) is 17.8. The third kappa shape index (κ3) is 11.0. The fourth-order valence-electron chi connectivity index (χ4n) is 6.90. The number of nitrogens with one attached hydrogen (secondary N) is 3. The number of pyridine rings is 2. The van der Waals surface area contributed by atoms with Gasteiger partial charge in [0.1, 0.15) is 24.6 Å². The second kappa shape index (κ2) is 18.6. The van der Waals surface area contributed by atoms with Crippen LogP contribution in [0.1, 0.15) is 51.6 Å². The Morgan fingerprint density at radius 1 is 0.893 bits per heavy atom. The molecule has 0 aliphatic heterocycles. The Balaban J connectivity index is 1.69. The molecule has 4 aromatic rings. The zero-order chi connectivity index (χ0) is 41.3. The molecule has 11 nitrogen and oxygen atoms in total. The third-order valence-corrected chi connectivity index (χ3v) is 10.1. The van der Waals surface area contributed by atoms with Crippen molar-refractivity contribution in [3.8, 4) is 11.3 Å². The number of nitrogens with zero attached hydrogens (tertiary/aromatic N) is 2. The first kappa shape index (κ1) is 43.5. The molecular formula is C42H53F2N5O6Si. The van der Waals surface area contributed by atoms with Gasteiger partial charge in [0.15, 0.2) is 9.04 Å². The number of amides is 3. The standard InChI is InChI=1S/C42H53F2N5O6Si/c1-28(2)42(55-56(7)8,37(40(4,5)6)41(43,44)38(52)45-25-24-30-17-11-9-12-18-30)48-35(50)26-49-34(31-19-13-10-14-20-31)23-22-33(36(49)51)47-39(53)54-27-32-21-15-16-29(3)46-32/h9-23,28,37,56H,24-27H2,1-8H3,(H,45,52)(H,47,53)(H,48,50). The summed E-state index contributed by atoms with van der Waals surface area (Å²) in [4.78, 5) is 59.0. The Morgan fingerprint density at radius 2 is 1.54 bits per heavy atom. The first-order chi connectivity index (χ1) is 26.3. The van der Waals surface area contributed by atoms with Crippen molar-refractivity contribution in [2.24, 2.45) is 17.3 Å². The van der Waals surface area contributed by atoms with E-state index in [2.05, 4.69) is 20.9 Å². The molecule has 0 aliphatic rings. The van der Waals surface area contributed by atoms with Gasteiger partial charge in [0.2, 0.25) is 5.91 Å². The van der Waals surface area contributed by atoms with Gasteiger partial charge in [-0.1, -0.05) is 101 Å². The van der Waals surface area contributed by atoms with E-state index in [0.717, 1.165) is 15.8 Å². The van der Waals surface area contributed by atoms with Crippen LogP contribution in [-0.4, -0.2) is 54.7 Å². The monoisotopic (exact) mass is 789 g/mol. The van der Waals surface area contributed by atoms with Gasteiger partial charge in [-0.15, -0.1) is 0 Å². The maximum Gasteiger partial charge on any atom is 0.412 e. The number of ether oxygens (including phenoxy) is 1. The minimum atomic E-state index is -4.01. The quantitative estimate of drug-likeness (QED) is 0.0814. The van der Waals surface area contributed by atoms with Crippen LogP contribution in [0.15, 0.2) is 95.8 Å². The van der Waals surface area contributed by atoms with Crippen molar-refractivity contribution >= 4 is 32.6 Å². The molecule has 300 valence electrons. The van der Waals surface area contributed by atoms with Crippen LogP contribution in [0, 0.1) is 24.2 Å². The normalized spacial score (nSPS) is 13.5. The van der Waals surface area contributed by atoms with E-state index in [4.69, 9.17) is 9.16 Å². The lowest BCUT2D eigenvalue weighted by atomic mass is 9.67. The Kier molecular flexibility index (Phi) is 14.5. The Labute approximate surface area is 329 Å². The average Bonchev–Trinajstić information content (AvgIpc) is 3.12. The molecular weight excluding hydrogens is 737 g/mol. The lowest BCUT2D eigenvalue weighted by Gasteiger charge is -2.52. The Hall–Kier alpha value is -5.21. The van der Waals surface area contributed by atoms with E-state index in [1.165, 1.54) is 6.07 Å². The van der Waals surface area contributed by atoms with Gasteiger partial charge in [-0.3, -0.25) is 29.3 Å². The van der Waals surface area contributed by atoms with Crippen molar-refractivity contribution in [2.45, 2.75) is 85.9 Å². The molecule has 14 heteroatoms. The van der Waals surface area contributed by atoms with Gasteiger partial charge < -0.3 is 19.8 Å². The van der Waals surface area contributed by atoms with E-state index < -0.39 is 68.0 Å². The number of carbonyl (C=O) groups excluding carboxylic acids is 3. The van der Waals surface area contributed by atoms with Gasteiger partial charge >= 0.3 is 12.0 Å². The number of hydrogen-bond donors (Lipinski definition) is 3. The minimum Gasteiger partial charge on any atom is -0.443 e. The van der Waals surface area contributed by atoms with E-state index in [0.29, 0.717) is 23.4 Å². The van der Waals surface area contributed by atoms with E-state index in [9.17, 15) is 19.2 Å². The molecule has 2 unspecified atom stereocenters. The highest BCUT2D eigenvalue weighted by Gasteiger charge is 2.64. The summed E-state index contributed by atoms with van der Waals surface area (Å²) >= 11 is 0. The molecule has 0 spiro atoms. The summed E-state index contributed by atoms with van der Waals surface area (Å²) in [6.45, 7) is 12.6. The SMILES string of the molecule is Cc1cccc(COC(=O)Nc2ccc(-c3ccccc3)n(CC(=O)NC(O[SiH](C)C)(C(C)C)C(C(C)(C)C)C(F)(F)C(=O)NCCc3ccccc3)c2=O)n1. The van der Waals surface area contributed by atoms with E-state index in [1.807, 2.05) is 30.3 Å². The van der Waals surface area contributed by atoms with Gasteiger partial charge in [0.25, 0.3) is 11.5 Å². The number of anilines is 1. The molecule has 56 heavy (non-hydrogen) atoms. The zero-order valence-corrected chi connectivity index (χ0v) is 34.5. The van der Waals surface area contributed by atoms with Crippen molar-refractivity contribution < 1.29 is 32.3 Å². The minimum absolute atomic E-state index is 0.0258. The first-order valence-corrected chi connectivity index (χ1v) is 21.5. The molecule has 2 heterocycles. The molecule has 0 aliphatic carbocycles. The number of carbonyl (C=O) groups is 3. The molecule has 0 radical (unpaired) electrons. The van der Waals surface area contributed by atoms with Crippen molar-refractivity contribution in [3.05, 3.63) is 118 Å². The summed E-state index contributed by atoms with van der Waals surface area (Å²) in [7, 11) is -2.23. The van der Waals surface area contributed by atoms with E-state index in [1.54, 1.807) is 109 Å². The molecule has 3 N–H and O–H groups in total. The van der Waals surface area contributed by atoms with Crippen LogP contribution in [0.2, 0.25) is 13.1 Å². The summed E-state index contributed by atoms with van der Waals surface area (Å²) in [6.07, 6.45) is -0.571. The van der Waals surface area contributed by atoms with Crippen molar-refractivity contribution in [3.63, 3.8) is 0 Å². The predicted octanol–water partition coefficient (Wildman–Crippen LogP) is 7.09. The summed E-state index contributed by atoms with van der Waals surface area (Å²) in [5.41, 5.74) is -1.19. The average molecular weight is 790 g/mol. The second-order valence-electron chi connectivity index (χ2n) is 15.4. The third-order valence-electron chi connectivity index (χ3n) is 9.20. The van der Waals surface area contributed by atoms with Crippen LogP contribution in [0.25, 0.3) is 11.3 Å². The number of aromatic nitrogens is 2. The Morgan fingerprint density at radius 3 is 2.12 bits per heavy atom. The van der Waals surface area contributed by atoms with Gasteiger partial charge in [0.05, 0.1) is 17.3 Å². The molecule has 2 atom stereocenters. The van der Waals surface area contributed by atoms with Crippen molar-refractivity contribution in [1.29, 1.82) is 0 Å². The topological polar surface area (TPSA) is 141 Å². The summed E-state index contributed by atoms with van der Waals surface area (Å²) < 4.78 is 46.7. The van der Waals surface area contributed by atoms with E-state index in [-0.39, 0.29) is 18.8 Å². The summed E-state index contributed by atoms with van der Waals surface area (Å²) in [5, 5.41) is 7.68. The van der Waals surface area contributed by atoms with Gasteiger partial charge in [-0.25, -0.2) is 4.79 Å². The molecule has 0 saturated carbocycles. The number of halogens is 2. The fraction of sp³-hybridized carbons (Fsp3) is 0.405. The molecule has 4 rings (SSSR count). The highest BCUT2D eigenvalue weighted by Crippen LogP contribution is 2.49. The molecule has 2 aromatic carbocycles. The zero-order valence-electron chi connectivity index (χ0n) is 33.3. The molecule has 0 fully saturated rings. The number of benzene rings is 2. The van der Waals surface area contributed by atoms with E-state index >= 15 is 8.78 Å². The number of alkyl halides is 2. The summed E-state index contributed by atoms with van der Waals surface area (Å²) in [5.74, 6) is -8.92. The van der Waals surface area contributed by atoms with Crippen LogP contribution in [0.5, 0.6) is 0 Å². The molecule has 3 amide bonds. The molecule has 2 aromatic heterocycles. The van der Waals surface area contributed by atoms with Crippen LogP contribution in [0.4, 0.5) is 19.3 Å². The highest BCUT2D eigenvalue weighted by atomic mass is 28.3. The smallest absolute Gasteiger partial charge is 0.412 e. The van der Waals surface area contributed by atoms with Crippen molar-refractivity contribution in [1.82, 2.24) is 20.2 Å². The lowest BCUT2D eigenvalue weighted by molar-refractivity contribution is -0.210. The lowest BCUT2D eigenvalue weighted by Crippen LogP contribution is -2.70. The van der Waals surface area contributed by atoms with Gasteiger partial charge in [-0.2, -0.15) is 8.78 Å². The van der Waals surface area contributed by atoms with Gasteiger partial charge in [-0.05, 0) is 67.2 Å². The van der Waals surface area contributed by atoms with Crippen LogP contribution >= 0.6 is 0 Å². The number of aryl methyl sites for hydroxylation is 1. The van der Waals surface area contributed by atoms with Gasteiger partial charge in [0, 0.05) is 18.2 Å². The maximum absolute atomic E-state index is 16.9. The maximum atomic E-state index is 16.9. The molecule has 0 saturated heterocycles.